The number of aromatic nitrogens is 1. The number of para-hydroxylation sites is 1. The zero-order valence-corrected chi connectivity index (χ0v) is 11.3. The summed E-state index contributed by atoms with van der Waals surface area (Å²) in [6.45, 7) is 2.06. The maximum absolute atomic E-state index is 12.0. The lowest BCUT2D eigenvalue weighted by atomic mass is 10.2. The molecule has 0 fully saturated rings. The standard InChI is InChI=1S/C14H14N2O2S/c1-2-19-12-6-4-3-5-11(12)16-14(18)10-7-8-15-13(17)9-10/h3-9H,2H2,1H3,(H,15,17)(H,16,18). The summed E-state index contributed by atoms with van der Waals surface area (Å²) in [6.07, 6.45) is 1.46. The highest BCUT2D eigenvalue weighted by molar-refractivity contribution is 7.99. The molecule has 2 N–H and O–H groups in total. The molecule has 0 radical (unpaired) electrons. The van der Waals surface area contributed by atoms with Gasteiger partial charge in [0.05, 0.1) is 5.69 Å². The first kappa shape index (κ1) is 13.4. The fourth-order valence-electron chi connectivity index (χ4n) is 1.63. The summed E-state index contributed by atoms with van der Waals surface area (Å²) in [5.41, 5.74) is 0.823. The lowest BCUT2D eigenvalue weighted by Crippen LogP contribution is -2.15. The zero-order chi connectivity index (χ0) is 13.7. The summed E-state index contributed by atoms with van der Waals surface area (Å²) in [5.74, 6) is 0.646. The summed E-state index contributed by atoms with van der Waals surface area (Å²) in [7, 11) is 0. The van der Waals surface area contributed by atoms with Gasteiger partial charge in [-0.25, -0.2) is 0 Å². The van der Waals surface area contributed by atoms with Gasteiger partial charge >= 0.3 is 0 Å². The van der Waals surface area contributed by atoms with Gasteiger partial charge < -0.3 is 10.3 Å². The Labute approximate surface area is 115 Å². The summed E-state index contributed by atoms with van der Waals surface area (Å²) in [6, 6.07) is 10.5. The minimum absolute atomic E-state index is 0.282. The molecule has 2 aromatic rings. The number of aromatic amines is 1. The number of thioether (sulfide) groups is 1. The summed E-state index contributed by atoms with van der Waals surface area (Å²) < 4.78 is 0. The first-order chi connectivity index (χ1) is 9.20. The van der Waals surface area contributed by atoms with Crippen LogP contribution < -0.4 is 10.9 Å². The highest BCUT2D eigenvalue weighted by atomic mass is 32.2. The maximum Gasteiger partial charge on any atom is 0.255 e. The molecule has 5 heteroatoms. The van der Waals surface area contributed by atoms with E-state index in [9.17, 15) is 9.59 Å². The Kier molecular flexibility index (Phi) is 4.41. The van der Waals surface area contributed by atoms with Crippen LogP contribution in [-0.4, -0.2) is 16.6 Å². The Morgan fingerprint density at radius 3 is 2.84 bits per heavy atom. The predicted molar refractivity (Wildman–Crippen MR) is 77.9 cm³/mol. The van der Waals surface area contributed by atoms with Crippen molar-refractivity contribution in [2.75, 3.05) is 11.1 Å². The second kappa shape index (κ2) is 6.24. The van der Waals surface area contributed by atoms with Crippen LogP contribution in [0, 0.1) is 0 Å². The van der Waals surface area contributed by atoms with Crippen molar-refractivity contribution in [3.63, 3.8) is 0 Å². The van der Waals surface area contributed by atoms with E-state index in [0.29, 0.717) is 5.56 Å². The van der Waals surface area contributed by atoms with E-state index in [-0.39, 0.29) is 11.5 Å². The molecule has 1 aromatic heterocycles. The largest absolute Gasteiger partial charge is 0.329 e. The highest BCUT2D eigenvalue weighted by Gasteiger charge is 2.09. The van der Waals surface area contributed by atoms with Crippen molar-refractivity contribution in [1.82, 2.24) is 4.98 Å². The molecule has 1 amide bonds. The van der Waals surface area contributed by atoms with Crippen LogP contribution in [0.3, 0.4) is 0 Å². The number of pyridine rings is 1. The molecule has 0 atom stereocenters. The molecule has 0 spiro atoms. The van der Waals surface area contributed by atoms with Gasteiger partial charge in [-0.1, -0.05) is 19.1 Å². The van der Waals surface area contributed by atoms with Crippen molar-refractivity contribution < 1.29 is 4.79 Å². The van der Waals surface area contributed by atoms with Crippen LogP contribution in [0.2, 0.25) is 0 Å². The number of amides is 1. The molecule has 0 unspecified atom stereocenters. The Hall–Kier alpha value is -2.01. The number of nitrogens with one attached hydrogen (secondary N) is 2. The third-order valence-electron chi connectivity index (χ3n) is 2.47. The van der Waals surface area contributed by atoms with Crippen LogP contribution in [0.15, 0.2) is 52.3 Å². The molecule has 19 heavy (non-hydrogen) atoms. The second-order valence-corrected chi connectivity index (χ2v) is 5.13. The Morgan fingerprint density at radius 1 is 1.32 bits per heavy atom. The third-order valence-corrected chi connectivity index (χ3v) is 3.43. The fourth-order valence-corrected chi connectivity index (χ4v) is 2.39. The van der Waals surface area contributed by atoms with Gasteiger partial charge in [0, 0.05) is 22.7 Å². The van der Waals surface area contributed by atoms with Gasteiger partial charge in [-0.15, -0.1) is 11.8 Å². The molecule has 0 aliphatic carbocycles. The first-order valence-electron chi connectivity index (χ1n) is 5.92. The van der Waals surface area contributed by atoms with Gasteiger partial charge in [-0.2, -0.15) is 0 Å². The van der Waals surface area contributed by atoms with Gasteiger partial charge in [-0.3, -0.25) is 9.59 Å². The molecule has 2 rings (SSSR count). The first-order valence-corrected chi connectivity index (χ1v) is 6.91. The van der Waals surface area contributed by atoms with E-state index in [0.717, 1.165) is 16.3 Å². The topological polar surface area (TPSA) is 62.0 Å². The molecular weight excluding hydrogens is 260 g/mol. The number of anilines is 1. The van der Waals surface area contributed by atoms with E-state index < -0.39 is 0 Å². The number of hydrogen-bond donors (Lipinski definition) is 2. The molecule has 4 nitrogen and oxygen atoms in total. The van der Waals surface area contributed by atoms with Crippen LogP contribution in [0.4, 0.5) is 5.69 Å². The van der Waals surface area contributed by atoms with Gasteiger partial charge in [0.1, 0.15) is 0 Å². The van der Waals surface area contributed by atoms with Crippen molar-refractivity contribution in [3.8, 4) is 0 Å². The van der Waals surface area contributed by atoms with Crippen molar-refractivity contribution in [2.45, 2.75) is 11.8 Å². The predicted octanol–water partition coefficient (Wildman–Crippen LogP) is 2.74. The van der Waals surface area contributed by atoms with Crippen LogP contribution in [0.5, 0.6) is 0 Å². The van der Waals surface area contributed by atoms with Crippen molar-refractivity contribution in [1.29, 1.82) is 0 Å². The normalized spacial score (nSPS) is 10.2. The molecule has 98 valence electrons. The minimum atomic E-state index is -0.288. The molecule has 0 saturated carbocycles. The summed E-state index contributed by atoms with van der Waals surface area (Å²) in [5, 5.41) is 2.83. The number of hydrogen-bond acceptors (Lipinski definition) is 3. The third kappa shape index (κ3) is 3.48. The Bertz CT molecular complexity index is 637. The second-order valence-electron chi connectivity index (χ2n) is 3.82. The molecule has 0 aliphatic rings. The molecule has 0 bridgehead atoms. The average molecular weight is 274 g/mol. The fraction of sp³-hybridized carbons (Fsp3) is 0.143. The number of carbonyl (C=O) groups is 1. The highest BCUT2D eigenvalue weighted by Crippen LogP contribution is 2.26. The quantitative estimate of drug-likeness (QED) is 0.843. The molecule has 0 saturated heterocycles. The average Bonchev–Trinajstić information content (AvgIpc) is 2.41. The number of rotatable bonds is 4. The Balaban J connectivity index is 2.21. The van der Waals surface area contributed by atoms with E-state index in [2.05, 4.69) is 17.2 Å². The van der Waals surface area contributed by atoms with E-state index in [1.54, 1.807) is 17.8 Å². The van der Waals surface area contributed by atoms with Gasteiger partial charge in [0.15, 0.2) is 0 Å². The van der Waals surface area contributed by atoms with Crippen LogP contribution in [0.1, 0.15) is 17.3 Å². The molecule has 1 heterocycles. The SMILES string of the molecule is CCSc1ccccc1NC(=O)c1cc[nH]c(=O)c1. The Morgan fingerprint density at radius 2 is 2.11 bits per heavy atom. The van der Waals surface area contributed by atoms with Crippen LogP contribution in [0.25, 0.3) is 0 Å². The van der Waals surface area contributed by atoms with Crippen molar-refractivity contribution >= 4 is 23.4 Å². The van der Waals surface area contributed by atoms with Crippen LogP contribution >= 0.6 is 11.8 Å². The smallest absolute Gasteiger partial charge is 0.255 e. The van der Waals surface area contributed by atoms with E-state index in [1.165, 1.54) is 12.3 Å². The van der Waals surface area contributed by atoms with E-state index in [1.807, 2.05) is 24.3 Å². The van der Waals surface area contributed by atoms with Crippen molar-refractivity contribution in [3.05, 3.63) is 58.5 Å². The molecule has 0 aliphatic heterocycles. The monoisotopic (exact) mass is 274 g/mol. The summed E-state index contributed by atoms with van der Waals surface area (Å²) >= 11 is 1.66. The number of benzene rings is 1. The lowest BCUT2D eigenvalue weighted by Gasteiger charge is -2.09. The van der Waals surface area contributed by atoms with Crippen LogP contribution in [-0.2, 0) is 0 Å². The van der Waals surface area contributed by atoms with E-state index in [4.69, 9.17) is 0 Å². The van der Waals surface area contributed by atoms with Gasteiger partial charge in [0.2, 0.25) is 5.56 Å². The zero-order valence-electron chi connectivity index (χ0n) is 10.5. The molecule has 1 aromatic carbocycles. The number of H-pyrrole nitrogens is 1. The minimum Gasteiger partial charge on any atom is -0.329 e. The van der Waals surface area contributed by atoms with E-state index >= 15 is 0 Å². The molecular formula is C14H14N2O2S. The lowest BCUT2D eigenvalue weighted by molar-refractivity contribution is 0.102. The van der Waals surface area contributed by atoms with Gasteiger partial charge in [0.25, 0.3) is 5.91 Å². The van der Waals surface area contributed by atoms with Crippen molar-refractivity contribution in [2.24, 2.45) is 0 Å². The maximum atomic E-state index is 12.0. The summed E-state index contributed by atoms with van der Waals surface area (Å²) in [4.78, 5) is 26.7. The van der Waals surface area contributed by atoms with Gasteiger partial charge in [-0.05, 0) is 24.0 Å². The number of carbonyl (C=O) groups excluding carboxylic acids is 1.